The first-order valence-electron chi connectivity index (χ1n) is 7.29. The van der Waals surface area contributed by atoms with Crippen LogP contribution < -0.4 is 4.74 Å². The molecule has 20 heavy (non-hydrogen) atoms. The predicted octanol–water partition coefficient (Wildman–Crippen LogP) is 2.48. The SMILES string of the molecule is CN(CC1CCCO1)C(=O)CCCOc1ccccc1. The molecule has 2 rings (SSSR count). The number of hydrogen-bond donors (Lipinski definition) is 0. The van der Waals surface area contributed by atoms with Gasteiger partial charge in [-0.1, -0.05) is 18.2 Å². The highest BCUT2D eigenvalue weighted by molar-refractivity contribution is 5.75. The molecule has 0 spiro atoms. The predicted molar refractivity (Wildman–Crippen MR) is 77.8 cm³/mol. The molecule has 0 saturated carbocycles. The summed E-state index contributed by atoms with van der Waals surface area (Å²) < 4.78 is 11.1. The van der Waals surface area contributed by atoms with Crippen molar-refractivity contribution >= 4 is 5.91 Å². The Hall–Kier alpha value is -1.55. The van der Waals surface area contributed by atoms with E-state index < -0.39 is 0 Å². The minimum absolute atomic E-state index is 0.164. The van der Waals surface area contributed by atoms with Crippen LogP contribution in [0.5, 0.6) is 5.75 Å². The van der Waals surface area contributed by atoms with Gasteiger partial charge in [0.1, 0.15) is 5.75 Å². The van der Waals surface area contributed by atoms with E-state index >= 15 is 0 Å². The molecule has 1 saturated heterocycles. The molecular formula is C16H23NO3. The van der Waals surface area contributed by atoms with Gasteiger partial charge in [-0.25, -0.2) is 0 Å². The van der Waals surface area contributed by atoms with Crippen LogP contribution in [0.15, 0.2) is 30.3 Å². The van der Waals surface area contributed by atoms with Gasteiger partial charge in [-0.3, -0.25) is 4.79 Å². The highest BCUT2D eigenvalue weighted by Gasteiger charge is 2.19. The van der Waals surface area contributed by atoms with Crippen LogP contribution in [0.25, 0.3) is 0 Å². The molecule has 1 heterocycles. The third-order valence-electron chi connectivity index (χ3n) is 3.47. The Balaban J connectivity index is 1.59. The summed E-state index contributed by atoms with van der Waals surface area (Å²) in [4.78, 5) is 13.7. The maximum atomic E-state index is 12.0. The summed E-state index contributed by atoms with van der Waals surface area (Å²) in [6.07, 6.45) is 3.66. The fourth-order valence-electron chi connectivity index (χ4n) is 2.32. The molecule has 0 bridgehead atoms. The van der Waals surface area contributed by atoms with Gasteiger partial charge in [0.2, 0.25) is 5.91 Å². The average Bonchev–Trinajstić information content (AvgIpc) is 2.97. The quantitative estimate of drug-likeness (QED) is 0.719. The van der Waals surface area contributed by atoms with Gasteiger partial charge < -0.3 is 14.4 Å². The van der Waals surface area contributed by atoms with Gasteiger partial charge in [0, 0.05) is 26.6 Å². The van der Waals surface area contributed by atoms with Gasteiger partial charge in [-0.15, -0.1) is 0 Å². The van der Waals surface area contributed by atoms with Gasteiger partial charge in [0.15, 0.2) is 0 Å². The standard InChI is InChI=1S/C16H23NO3/c1-17(13-15-9-5-11-20-15)16(18)10-6-12-19-14-7-3-2-4-8-14/h2-4,7-8,15H,5-6,9-13H2,1H3. The number of carbonyl (C=O) groups is 1. The lowest BCUT2D eigenvalue weighted by atomic mass is 10.2. The van der Waals surface area contributed by atoms with Gasteiger partial charge in [-0.05, 0) is 31.4 Å². The molecule has 0 radical (unpaired) electrons. The average molecular weight is 277 g/mol. The Morgan fingerprint density at radius 1 is 1.40 bits per heavy atom. The van der Waals surface area contributed by atoms with Crippen molar-refractivity contribution in [3.8, 4) is 5.75 Å². The van der Waals surface area contributed by atoms with E-state index in [1.807, 2.05) is 37.4 Å². The van der Waals surface area contributed by atoms with E-state index in [4.69, 9.17) is 9.47 Å². The zero-order chi connectivity index (χ0) is 14.2. The van der Waals surface area contributed by atoms with Crippen LogP contribution in [-0.2, 0) is 9.53 Å². The second-order valence-electron chi connectivity index (χ2n) is 5.17. The zero-order valence-corrected chi connectivity index (χ0v) is 12.1. The van der Waals surface area contributed by atoms with Crippen LogP contribution in [0.3, 0.4) is 0 Å². The molecule has 0 aliphatic carbocycles. The van der Waals surface area contributed by atoms with Crippen molar-refractivity contribution in [2.24, 2.45) is 0 Å². The van der Waals surface area contributed by atoms with Gasteiger partial charge in [0.05, 0.1) is 12.7 Å². The van der Waals surface area contributed by atoms with Crippen molar-refractivity contribution in [3.63, 3.8) is 0 Å². The molecule has 1 atom stereocenters. The lowest BCUT2D eigenvalue weighted by Gasteiger charge is -2.20. The summed E-state index contributed by atoms with van der Waals surface area (Å²) >= 11 is 0. The first-order chi connectivity index (χ1) is 9.75. The Morgan fingerprint density at radius 2 is 2.20 bits per heavy atom. The van der Waals surface area contributed by atoms with Crippen molar-refractivity contribution in [2.45, 2.75) is 31.8 Å². The van der Waals surface area contributed by atoms with E-state index in [2.05, 4.69) is 0 Å². The molecule has 110 valence electrons. The number of hydrogen-bond acceptors (Lipinski definition) is 3. The molecule has 1 fully saturated rings. The molecule has 1 aliphatic heterocycles. The Labute approximate surface area is 120 Å². The van der Waals surface area contributed by atoms with Crippen LogP contribution in [0.1, 0.15) is 25.7 Å². The summed E-state index contributed by atoms with van der Waals surface area (Å²) in [6.45, 7) is 2.11. The summed E-state index contributed by atoms with van der Waals surface area (Å²) in [6, 6.07) is 9.68. The number of rotatable bonds is 7. The lowest BCUT2D eigenvalue weighted by molar-refractivity contribution is -0.131. The molecule has 4 nitrogen and oxygen atoms in total. The third-order valence-corrected chi connectivity index (χ3v) is 3.47. The van der Waals surface area contributed by atoms with E-state index in [9.17, 15) is 4.79 Å². The Bertz CT molecular complexity index is 401. The Kier molecular flexibility index (Phi) is 5.87. The van der Waals surface area contributed by atoms with Crippen LogP contribution >= 0.6 is 0 Å². The molecule has 0 N–H and O–H groups in total. The fourth-order valence-corrected chi connectivity index (χ4v) is 2.32. The van der Waals surface area contributed by atoms with Crippen LogP contribution in [0, 0.1) is 0 Å². The number of amides is 1. The van der Waals surface area contributed by atoms with E-state index in [1.165, 1.54) is 0 Å². The normalized spacial score (nSPS) is 17.9. The molecule has 1 unspecified atom stereocenters. The van der Waals surface area contributed by atoms with Crippen LogP contribution in [0.4, 0.5) is 0 Å². The summed E-state index contributed by atoms with van der Waals surface area (Å²) in [5.41, 5.74) is 0. The second-order valence-corrected chi connectivity index (χ2v) is 5.17. The smallest absolute Gasteiger partial charge is 0.222 e. The van der Waals surface area contributed by atoms with Crippen molar-refractivity contribution in [2.75, 3.05) is 26.8 Å². The number of benzene rings is 1. The maximum absolute atomic E-state index is 12.0. The van der Waals surface area contributed by atoms with Crippen molar-refractivity contribution in [1.82, 2.24) is 4.90 Å². The number of nitrogens with zero attached hydrogens (tertiary/aromatic N) is 1. The Morgan fingerprint density at radius 3 is 2.90 bits per heavy atom. The number of ether oxygens (including phenoxy) is 2. The first-order valence-corrected chi connectivity index (χ1v) is 7.29. The zero-order valence-electron chi connectivity index (χ0n) is 12.1. The summed E-state index contributed by atoms with van der Waals surface area (Å²) in [7, 11) is 1.85. The van der Waals surface area contributed by atoms with Crippen molar-refractivity contribution in [3.05, 3.63) is 30.3 Å². The van der Waals surface area contributed by atoms with Crippen LogP contribution in [0.2, 0.25) is 0 Å². The lowest BCUT2D eigenvalue weighted by Crippen LogP contribution is -2.34. The fraction of sp³-hybridized carbons (Fsp3) is 0.562. The highest BCUT2D eigenvalue weighted by Crippen LogP contribution is 2.13. The van der Waals surface area contributed by atoms with Gasteiger partial charge in [-0.2, -0.15) is 0 Å². The van der Waals surface area contributed by atoms with E-state index in [-0.39, 0.29) is 12.0 Å². The first kappa shape index (κ1) is 14.9. The minimum atomic E-state index is 0.164. The largest absolute Gasteiger partial charge is 0.494 e. The maximum Gasteiger partial charge on any atom is 0.222 e. The molecule has 4 heteroatoms. The monoisotopic (exact) mass is 277 g/mol. The third kappa shape index (κ3) is 4.85. The number of carbonyl (C=O) groups excluding carboxylic acids is 1. The van der Waals surface area contributed by atoms with Crippen molar-refractivity contribution in [1.29, 1.82) is 0 Å². The number of likely N-dealkylation sites (N-methyl/N-ethyl adjacent to an activating group) is 1. The van der Waals surface area contributed by atoms with E-state index in [0.29, 0.717) is 19.6 Å². The molecule has 0 aromatic heterocycles. The van der Waals surface area contributed by atoms with Crippen molar-refractivity contribution < 1.29 is 14.3 Å². The summed E-state index contributed by atoms with van der Waals surface area (Å²) in [5.74, 6) is 1.02. The molecule has 1 aliphatic rings. The van der Waals surface area contributed by atoms with E-state index in [1.54, 1.807) is 4.90 Å². The van der Waals surface area contributed by atoms with Gasteiger partial charge in [0.25, 0.3) is 0 Å². The topological polar surface area (TPSA) is 38.8 Å². The van der Waals surface area contributed by atoms with Gasteiger partial charge >= 0.3 is 0 Å². The molecular weight excluding hydrogens is 254 g/mol. The molecule has 1 aromatic rings. The second kappa shape index (κ2) is 7.90. The van der Waals surface area contributed by atoms with Crippen LogP contribution in [-0.4, -0.2) is 43.7 Å². The highest BCUT2D eigenvalue weighted by atomic mass is 16.5. The summed E-state index contributed by atoms with van der Waals surface area (Å²) in [5, 5.41) is 0. The minimum Gasteiger partial charge on any atom is -0.494 e. The van der Waals surface area contributed by atoms with E-state index in [0.717, 1.165) is 31.6 Å². The number of para-hydroxylation sites is 1. The molecule has 1 aromatic carbocycles. The molecule has 1 amide bonds.